The number of nitrogens with zero attached hydrogens (tertiary/aromatic N) is 7. The van der Waals surface area contributed by atoms with Crippen molar-refractivity contribution in [1.82, 2.24) is 35.5 Å². The highest BCUT2D eigenvalue weighted by atomic mass is 16.5. The van der Waals surface area contributed by atoms with Crippen molar-refractivity contribution < 1.29 is 9.26 Å². The summed E-state index contributed by atoms with van der Waals surface area (Å²) >= 11 is 0. The summed E-state index contributed by atoms with van der Waals surface area (Å²) in [5.74, 6) is 1.45. The molecule has 24 heavy (non-hydrogen) atoms. The Kier molecular flexibility index (Phi) is 3.71. The van der Waals surface area contributed by atoms with Crippen molar-refractivity contribution in [3.8, 4) is 5.88 Å². The van der Waals surface area contributed by atoms with Gasteiger partial charge in [0.2, 0.25) is 11.5 Å². The lowest BCUT2D eigenvalue weighted by Crippen LogP contribution is -2.38. The SMILES string of the molecule is CC(C)c1noc(N2CCC(Oc3ncnc4n[nH]nc34)CC2)n1. The predicted octanol–water partition coefficient (Wildman–Crippen LogP) is 1.30. The second-order valence-electron chi connectivity index (χ2n) is 6.07. The predicted molar refractivity (Wildman–Crippen MR) is 83.7 cm³/mol. The first-order valence-corrected chi connectivity index (χ1v) is 7.97. The monoisotopic (exact) mass is 330 g/mol. The molecule has 0 bridgehead atoms. The van der Waals surface area contributed by atoms with Crippen molar-refractivity contribution in [2.45, 2.75) is 38.7 Å². The van der Waals surface area contributed by atoms with E-state index in [9.17, 15) is 0 Å². The van der Waals surface area contributed by atoms with Gasteiger partial charge in [-0.1, -0.05) is 19.0 Å². The van der Waals surface area contributed by atoms with Crippen LogP contribution in [0.2, 0.25) is 0 Å². The van der Waals surface area contributed by atoms with Crippen LogP contribution in [0.1, 0.15) is 38.4 Å². The van der Waals surface area contributed by atoms with Crippen LogP contribution in [0.4, 0.5) is 6.01 Å². The van der Waals surface area contributed by atoms with Crippen molar-refractivity contribution in [2.24, 2.45) is 0 Å². The van der Waals surface area contributed by atoms with Gasteiger partial charge in [-0.3, -0.25) is 0 Å². The van der Waals surface area contributed by atoms with Crippen LogP contribution in [0.5, 0.6) is 5.88 Å². The normalized spacial score (nSPS) is 16.2. The molecule has 0 aliphatic carbocycles. The molecule has 126 valence electrons. The number of hydrogen-bond donors (Lipinski definition) is 1. The molecule has 0 amide bonds. The molecule has 0 spiro atoms. The number of ether oxygens (including phenoxy) is 1. The summed E-state index contributed by atoms with van der Waals surface area (Å²) in [6.45, 7) is 5.66. The standard InChI is InChI=1S/C14H18N8O2/c1-8(2)11-17-14(24-20-11)22-5-3-9(4-6-22)23-13-10-12(15-7-16-13)19-21-18-10/h7-9H,3-6H2,1-2H3,(H,15,16,18,19,21). The van der Waals surface area contributed by atoms with E-state index in [1.54, 1.807) is 0 Å². The quantitative estimate of drug-likeness (QED) is 0.754. The first-order valence-electron chi connectivity index (χ1n) is 7.97. The highest BCUT2D eigenvalue weighted by molar-refractivity contribution is 5.73. The summed E-state index contributed by atoms with van der Waals surface area (Å²) in [6.07, 6.45) is 3.16. The lowest BCUT2D eigenvalue weighted by atomic mass is 10.1. The van der Waals surface area contributed by atoms with Crippen LogP contribution < -0.4 is 9.64 Å². The summed E-state index contributed by atoms with van der Waals surface area (Å²) in [5, 5.41) is 14.5. The third-order valence-corrected chi connectivity index (χ3v) is 4.03. The summed E-state index contributed by atoms with van der Waals surface area (Å²) in [4.78, 5) is 14.7. The first kappa shape index (κ1) is 14.8. The Balaban J connectivity index is 1.40. The molecular weight excluding hydrogens is 312 g/mol. The van der Waals surface area contributed by atoms with Crippen molar-refractivity contribution in [3.63, 3.8) is 0 Å². The van der Waals surface area contributed by atoms with E-state index in [0.29, 0.717) is 23.1 Å². The molecule has 0 radical (unpaired) electrons. The Morgan fingerprint density at radius 2 is 2.08 bits per heavy atom. The number of aromatic amines is 1. The fourth-order valence-electron chi connectivity index (χ4n) is 2.65. The first-order chi connectivity index (χ1) is 11.7. The van der Waals surface area contributed by atoms with Gasteiger partial charge < -0.3 is 14.2 Å². The molecule has 4 rings (SSSR count). The zero-order chi connectivity index (χ0) is 16.5. The summed E-state index contributed by atoms with van der Waals surface area (Å²) < 4.78 is 11.3. The number of piperidine rings is 1. The Morgan fingerprint density at radius 3 is 2.83 bits per heavy atom. The zero-order valence-corrected chi connectivity index (χ0v) is 13.5. The van der Waals surface area contributed by atoms with Gasteiger partial charge in [0.1, 0.15) is 12.4 Å². The Labute approximate surface area is 137 Å². The number of hydrogen-bond acceptors (Lipinski definition) is 9. The van der Waals surface area contributed by atoms with Crippen LogP contribution >= 0.6 is 0 Å². The van der Waals surface area contributed by atoms with Gasteiger partial charge in [0.05, 0.1) is 0 Å². The van der Waals surface area contributed by atoms with Gasteiger partial charge in [0.25, 0.3) is 0 Å². The molecule has 4 heterocycles. The zero-order valence-electron chi connectivity index (χ0n) is 13.5. The van der Waals surface area contributed by atoms with Crippen molar-refractivity contribution in [3.05, 3.63) is 12.2 Å². The molecule has 3 aromatic rings. The van der Waals surface area contributed by atoms with Crippen LogP contribution in [0.15, 0.2) is 10.9 Å². The Hall–Kier alpha value is -2.78. The second-order valence-corrected chi connectivity index (χ2v) is 6.07. The average Bonchev–Trinajstić information content (AvgIpc) is 3.25. The van der Waals surface area contributed by atoms with E-state index >= 15 is 0 Å². The van der Waals surface area contributed by atoms with E-state index < -0.39 is 0 Å². The van der Waals surface area contributed by atoms with Gasteiger partial charge in [0.15, 0.2) is 11.3 Å². The number of rotatable bonds is 4. The van der Waals surface area contributed by atoms with E-state index in [2.05, 4.69) is 40.4 Å². The molecule has 1 aliphatic heterocycles. The van der Waals surface area contributed by atoms with Gasteiger partial charge in [-0.05, 0) is 0 Å². The topological polar surface area (TPSA) is 119 Å². The number of aromatic nitrogens is 7. The molecule has 3 aromatic heterocycles. The van der Waals surface area contributed by atoms with Crippen molar-refractivity contribution in [1.29, 1.82) is 0 Å². The summed E-state index contributed by atoms with van der Waals surface area (Å²) in [6, 6.07) is 0.582. The van der Waals surface area contributed by atoms with Gasteiger partial charge >= 0.3 is 6.01 Å². The summed E-state index contributed by atoms with van der Waals surface area (Å²) in [7, 11) is 0. The van der Waals surface area contributed by atoms with Gasteiger partial charge in [-0.2, -0.15) is 15.2 Å². The maximum atomic E-state index is 5.99. The van der Waals surface area contributed by atoms with E-state index in [1.165, 1.54) is 6.33 Å². The molecule has 0 aromatic carbocycles. The van der Waals surface area contributed by atoms with E-state index in [4.69, 9.17) is 9.26 Å². The van der Waals surface area contributed by atoms with Crippen molar-refractivity contribution in [2.75, 3.05) is 18.0 Å². The minimum atomic E-state index is 0.0588. The highest BCUT2D eigenvalue weighted by Crippen LogP contribution is 2.24. The van der Waals surface area contributed by atoms with Crippen LogP contribution in [-0.2, 0) is 0 Å². The minimum Gasteiger partial charge on any atom is -0.472 e. The molecule has 1 fully saturated rings. The van der Waals surface area contributed by atoms with Crippen LogP contribution in [0.3, 0.4) is 0 Å². The minimum absolute atomic E-state index is 0.0588. The number of H-pyrrole nitrogens is 1. The second kappa shape index (κ2) is 6.02. The maximum absolute atomic E-state index is 5.99. The molecule has 1 aliphatic rings. The van der Waals surface area contributed by atoms with E-state index in [1.807, 2.05) is 13.8 Å². The molecule has 0 saturated carbocycles. The molecule has 10 heteroatoms. The highest BCUT2D eigenvalue weighted by Gasteiger charge is 2.25. The molecule has 0 unspecified atom stereocenters. The number of anilines is 1. The van der Waals surface area contributed by atoms with Crippen LogP contribution in [-0.4, -0.2) is 54.7 Å². The molecule has 0 atom stereocenters. The largest absolute Gasteiger partial charge is 0.472 e. The third kappa shape index (κ3) is 2.74. The average molecular weight is 330 g/mol. The maximum Gasteiger partial charge on any atom is 0.324 e. The molecule has 1 saturated heterocycles. The van der Waals surface area contributed by atoms with E-state index in [0.717, 1.165) is 31.8 Å². The van der Waals surface area contributed by atoms with Gasteiger partial charge in [0, 0.05) is 31.8 Å². The van der Waals surface area contributed by atoms with Gasteiger partial charge in [-0.15, -0.1) is 10.2 Å². The number of nitrogens with one attached hydrogen (secondary N) is 1. The number of fused-ring (bicyclic) bond motifs is 1. The van der Waals surface area contributed by atoms with E-state index in [-0.39, 0.29) is 12.0 Å². The van der Waals surface area contributed by atoms with Gasteiger partial charge in [-0.25, -0.2) is 4.98 Å². The fourth-order valence-corrected chi connectivity index (χ4v) is 2.65. The van der Waals surface area contributed by atoms with Crippen LogP contribution in [0, 0.1) is 0 Å². The Bertz CT molecular complexity index is 821. The molecule has 10 nitrogen and oxygen atoms in total. The third-order valence-electron chi connectivity index (χ3n) is 4.03. The van der Waals surface area contributed by atoms with Crippen molar-refractivity contribution >= 4 is 17.2 Å². The molecular formula is C14H18N8O2. The lowest BCUT2D eigenvalue weighted by molar-refractivity contribution is 0.163. The molecule has 1 N–H and O–H groups in total. The van der Waals surface area contributed by atoms with Crippen LogP contribution in [0.25, 0.3) is 11.2 Å². The lowest BCUT2D eigenvalue weighted by Gasteiger charge is -2.30. The summed E-state index contributed by atoms with van der Waals surface area (Å²) in [5.41, 5.74) is 1.06. The Morgan fingerprint density at radius 1 is 1.25 bits per heavy atom. The smallest absolute Gasteiger partial charge is 0.324 e. The fraction of sp³-hybridized carbons (Fsp3) is 0.571.